The standard InChI is InChI=1S/C27H22Cl2N2O2S/c28-17-9-14-22(23(29)15-17)27(33)30-18-10-12-19(13-11-18)34-16-26(32)31-24-7-3-1-5-20(24)21-6-2-4-8-25(21)31/h1,3,5,7,9-15H,2,4,6,8,16H2,(H,30,33). The van der Waals surface area contributed by atoms with E-state index in [1.165, 1.54) is 34.8 Å². The fraction of sp³-hybridized carbons (Fsp3) is 0.185. The molecule has 1 aromatic heterocycles. The summed E-state index contributed by atoms with van der Waals surface area (Å²) in [5.74, 6) is 0.137. The summed E-state index contributed by atoms with van der Waals surface area (Å²) < 4.78 is 1.93. The van der Waals surface area contributed by atoms with Crippen molar-refractivity contribution < 1.29 is 9.59 Å². The van der Waals surface area contributed by atoms with Crippen LogP contribution in [0.3, 0.4) is 0 Å². The predicted octanol–water partition coefficient (Wildman–Crippen LogP) is 7.51. The molecule has 5 rings (SSSR count). The lowest BCUT2D eigenvalue weighted by atomic mass is 9.96. The third-order valence-electron chi connectivity index (χ3n) is 6.08. The number of thioether (sulfide) groups is 1. The molecule has 1 aliphatic carbocycles. The van der Waals surface area contributed by atoms with E-state index < -0.39 is 0 Å². The number of benzene rings is 3. The zero-order chi connectivity index (χ0) is 23.7. The average Bonchev–Trinajstić information content (AvgIpc) is 3.18. The minimum atomic E-state index is -0.304. The molecule has 0 bridgehead atoms. The first-order chi connectivity index (χ1) is 16.5. The molecule has 0 saturated heterocycles. The van der Waals surface area contributed by atoms with E-state index in [0.29, 0.717) is 27.0 Å². The van der Waals surface area contributed by atoms with Gasteiger partial charge in [-0.1, -0.05) is 41.4 Å². The van der Waals surface area contributed by atoms with Crippen LogP contribution in [0.5, 0.6) is 0 Å². The molecule has 4 nitrogen and oxygen atoms in total. The minimum Gasteiger partial charge on any atom is -0.322 e. The first kappa shape index (κ1) is 23.0. The summed E-state index contributed by atoms with van der Waals surface area (Å²) in [4.78, 5) is 26.7. The maximum Gasteiger partial charge on any atom is 0.257 e. The van der Waals surface area contributed by atoms with Crippen molar-refractivity contribution in [2.75, 3.05) is 11.1 Å². The van der Waals surface area contributed by atoms with Gasteiger partial charge in [0.2, 0.25) is 5.91 Å². The number of para-hydroxylation sites is 1. The number of fused-ring (bicyclic) bond motifs is 3. The van der Waals surface area contributed by atoms with Gasteiger partial charge >= 0.3 is 0 Å². The quantitative estimate of drug-likeness (QED) is 0.283. The number of nitrogens with zero attached hydrogens (tertiary/aromatic N) is 1. The van der Waals surface area contributed by atoms with Gasteiger partial charge in [0.05, 0.1) is 21.9 Å². The molecule has 0 aliphatic heterocycles. The molecule has 7 heteroatoms. The number of nitrogens with one attached hydrogen (secondary N) is 1. The summed E-state index contributed by atoms with van der Waals surface area (Å²) in [7, 11) is 0. The normalized spacial score (nSPS) is 13.0. The van der Waals surface area contributed by atoms with Crippen LogP contribution >= 0.6 is 35.0 Å². The second kappa shape index (κ2) is 9.87. The van der Waals surface area contributed by atoms with Gasteiger partial charge in [0.1, 0.15) is 0 Å². The van der Waals surface area contributed by atoms with E-state index in [2.05, 4.69) is 11.4 Å². The van der Waals surface area contributed by atoms with E-state index in [0.717, 1.165) is 29.7 Å². The van der Waals surface area contributed by atoms with Gasteiger partial charge in [0, 0.05) is 26.7 Å². The van der Waals surface area contributed by atoms with Gasteiger partial charge in [0.15, 0.2) is 0 Å². The second-order valence-corrected chi connectivity index (χ2v) is 10.2. The smallest absolute Gasteiger partial charge is 0.257 e. The highest BCUT2D eigenvalue weighted by Gasteiger charge is 2.23. The van der Waals surface area contributed by atoms with E-state index >= 15 is 0 Å². The monoisotopic (exact) mass is 508 g/mol. The van der Waals surface area contributed by atoms with E-state index in [9.17, 15) is 9.59 Å². The van der Waals surface area contributed by atoms with Gasteiger partial charge in [-0.05, 0) is 79.8 Å². The molecular formula is C27H22Cl2N2O2S. The van der Waals surface area contributed by atoms with Gasteiger partial charge < -0.3 is 5.32 Å². The van der Waals surface area contributed by atoms with Gasteiger partial charge in [-0.2, -0.15) is 0 Å². The number of hydrogen-bond donors (Lipinski definition) is 1. The fourth-order valence-electron chi connectivity index (χ4n) is 4.50. The number of aryl methyl sites for hydroxylation is 1. The maximum atomic E-state index is 13.3. The number of amides is 1. The van der Waals surface area contributed by atoms with Crippen LogP contribution in [0.4, 0.5) is 5.69 Å². The Labute approximate surface area is 212 Å². The summed E-state index contributed by atoms with van der Waals surface area (Å²) in [6, 6.07) is 20.4. The molecule has 3 aromatic carbocycles. The summed E-state index contributed by atoms with van der Waals surface area (Å²) in [6.07, 6.45) is 4.29. The van der Waals surface area contributed by atoms with E-state index in [1.54, 1.807) is 18.2 Å². The van der Waals surface area contributed by atoms with Crippen LogP contribution in [0.2, 0.25) is 10.0 Å². The number of carbonyl (C=O) groups is 2. The number of carbonyl (C=O) groups excluding carboxylic acids is 2. The van der Waals surface area contributed by atoms with Crippen molar-refractivity contribution in [1.82, 2.24) is 4.57 Å². The molecule has 1 amide bonds. The van der Waals surface area contributed by atoms with Crippen LogP contribution in [0, 0.1) is 0 Å². The SMILES string of the molecule is O=C(Nc1ccc(SCC(=O)n2c3c(c4ccccc42)CCCC3)cc1)c1ccc(Cl)cc1Cl. The molecular weight excluding hydrogens is 487 g/mol. The summed E-state index contributed by atoms with van der Waals surface area (Å²) in [5, 5.41) is 4.82. The van der Waals surface area contributed by atoms with Crippen molar-refractivity contribution in [1.29, 1.82) is 0 Å². The van der Waals surface area contributed by atoms with Crippen molar-refractivity contribution in [2.24, 2.45) is 0 Å². The fourth-order valence-corrected chi connectivity index (χ4v) is 5.74. The topological polar surface area (TPSA) is 51.1 Å². The number of aromatic nitrogens is 1. The molecule has 0 saturated carbocycles. The van der Waals surface area contributed by atoms with Crippen LogP contribution < -0.4 is 5.32 Å². The largest absolute Gasteiger partial charge is 0.322 e. The van der Waals surface area contributed by atoms with Crippen LogP contribution in [0.15, 0.2) is 71.6 Å². The molecule has 34 heavy (non-hydrogen) atoms. The average molecular weight is 509 g/mol. The lowest BCUT2D eigenvalue weighted by molar-refractivity contribution is 0.0942. The Hall–Kier alpha value is -2.73. The molecule has 0 atom stereocenters. The molecule has 1 aliphatic rings. The Morgan fingerprint density at radius 3 is 2.50 bits per heavy atom. The molecule has 0 unspecified atom stereocenters. The zero-order valence-corrected chi connectivity index (χ0v) is 20.6. The highest BCUT2D eigenvalue weighted by atomic mass is 35.5. The second-order valence-electron chi connectivity index (χ2n) is 8.27. The number of rotatable bonds is 5. The molecule has 1 heterocycles. The molecule has 0 fully saturated rings. The van der Waals surface area contributed by atoms with Gasteiger partial charge in [-0.25, -0.2) is 0 Å². The minimum absolute atomic E-state index is 0.0964. The number of halogens is 2. The maximum absolute atomic E-state index is 13.3. The van der Waals surface area contributed by atoms with Crippen molar-refractivity contribution in [2.45, 2.75) is 30.6 Å². The van der Waals surface area contributed by atoms with Crippen molar-refractivity contribution in [3.8, 4) is 0 Å². The van der Waals surface area contributed by atoms with Gasteiger partial charge in [-0.3, -0.25) is 14.2 Å². The molecule has 172 valence electrons. The molecule has 0 radical (unpaired) electrons. The first-order valence-electron chi connectivity index (χ1n) is 11.1. The number of anilines is 1. The highest BCUT2D eigenvalue weighted by molar-refractivity contribution is 8.00. The lowest BCUT2D eigenvalue weighted by Crippen LogP contribution is -2.18. The van der Waals surface area contributed by atoms with Gasteiger partial charge in [-0.15, -0.1) is 11.8 Å². The highest BCUT2D eigenvalue weighted by Crippen LogP contribution is 2.33. The van der Waals surface area contributed by atoms with E-state index in [-0.39, 0.29) is 11.8 Å². The summed E-state index contributed by atoms with van der Waals surface area (Å²) in [5.41, 5.74) is 4.53. The third-order valence-corrected chi connectivity index (χ3v) is 7.62. The third kappa shape index (κ3) is 4.61. The Kier molecular flexibility index (Phi) is 6.68. The van der Waals surface area contributed by atoms with Crippen LogP contribution in [-0.2, 0) is 12.8 Å². The van der Waals surface area contributed by atoms with Crippen LogP contribution in [-0.4, -0.2) is 22.1 Å². The van der Waals surface area contributed by atoms with Crippen LogP contribution in [0.1, 0.15) is 39.3 Å². The Morgan fingerprint density at radius 1 is 0.941 bits per heavy atom. The van der Waals surface area contributed by atoms with Crippen molar-refractivity contribution >= 4 is 63.4 Å². The zero-order valence-electron chi connectivity index (χ0n) is 18.3. The van der Waals surface area contributed by atoms with Crippen molar-refractivity contribution in [3.63, 3.8) is 0 Å². The first-order valence-corrected chi connectivity index (χ1v) is 12.9. The predicted molar refractivity (Wildman–Crippen MR) is 141 cm³/mol. The Balaban J connectivity index is 1.27. The van der Waals surface area contributed by atoms with Crippen molar-refractivity contribution in [3.05, 3.63) is 93.6 Å². The summed E-state index contributed by atoms with van der Waals surface area (Å²) in [6.45, 7) is 0. The molecule has 1 N–H and O–H groups in total. The Bertz CT molecular complexity index is 1400. The lowest BCUT2D eigenvalue weighted by Gasteiger charge is -2.15. The van der Waals surface area contributed by atoms with E-state index in [1.807, 2.05) is 47.0 Å². The molecule has 0 spiro atoms. The number of hydrogen-bond acceptors (Lipinski definition) is 3. The summed E-state index contributed by atoms with van der Waals surface area (Å²) >= 11 is 13.5. The van der Waals surface area contributed by atoms with Crippen LogP contribution in [0.25, 0.3) is 10.9 Å². The molecule has 4 aromatic rings. The van der Waals surface area contributed by atoms with E-state index in [4.69, 9.17) is 23.2 Å². The van der Waals surface area contributed by atoms with Gasteiger partial charge in [0.25, 0.3) is 5.91 Å². The Morgan fingerprint density at radius 2 is 1.71 bits per heavy atom.